The summed E-state index contributed by atoms with van der Waals surface area (Å²) in [5, 5.41) is -0.533. The molecular formula is C8H12NO7PS. The van der Waals surface area contributed by atoms with Crippen LogP contribution < -0.4 is 15.8 Å². The second-order valence-corrected chi connectivity index (χ2v) is 6.27. The summed E-state index contributed by atoms with van der Waals surface area (Å²) in [4.78, 5) is 17.5. The Morgan fingerprint density at radius 3 is 2.33 bits per heavy atom. The van der Waals surface area contributed by atoms with Crippen LogP contribution in [0.15, 0.2) is 17.0 Å². The first-order valence-corrected chi connectivity index (χ1v) is 7.72. The second kappa shape index (κ2) is 4.87. The molecule has 18 heavy (non-hydrogen) atoms. The van der Waals surface area contributed by atoms with Crippen LogP contribution in [0.4, 0.5) is 5.69 Å². The number of anilines is 1. The molecule has 5 N–H and O–H groups in total. The third-order valence-corrected chi connectivity index (χ3v) is 3.87. The summed E-state index contributed by atoms with van der Waals surface area (Å²) in [6, 6.07) is 1.55. The topological polar surface area (TPSA) is 147 Å². The number of rotatable bonds is 4. The van der Waals surface area contributed by atoms with Crippen LogP contribution >= 0.6 is 7.60 Å². The number of nitrogen functional groups attached to an aromatic ring is 1. The van der Waals surface area contributed by atoms with Gasteiger partial charge < -0.3 is 20.3 Å². The zero-order valence-electron chi connectivity index (χ0n) is 9.27. The molecule has 1 aromatic rings. The van der Waals surface area contributed by atoms with E-state index in [2.05, 4.69) is 0 Å². The quantitative estimate of drug-likeness (QED) is 0.337. The van der Waals surface area contributed by atoms with E-state index < -0.39 is 33.6 Å². The molecule has 1 rings (SSSR count). The molecule has 0 radical (unpaired) electrons. The van der Waals surface area contributed by atoms with Crippen LogP contribution in [0, 0.1) is 0 Å². The van der Waals surface area contributed by atoms with Crippen LogP contribution in [0.5, 0.6) is 5.75 Å². The van der Waals surface area contributed by atoms with Crippen molar-refractivity contribution < 1.29 is 32.1 Å². The van der Waals surface area contributed by atoms with E-state index in [4.69, 9.17) is 24.8 Å². The Kier molecular flexibility index (Phi) is 4.04. The fourth-order valence-corrected chi connectivity index (χ4v) is 2.62. The Balaban J connectivity index is 3.59. The van der Waals surface area contributed by atoms with Crippen LogP contribution in [0.3, 0.4) is 0 Å². The highest BCUT2D eigenvalue weighted by Crippen LogP contribution is 2.39. The maximum Gasteiger partial charge on any atom is 0.360 e. The monoisotopic (exact) mass is 297 g/mol. The summed E-state index contributed by atoms with van der Waals surface area (Å²) in [5.74, 6) is -0.340. The average Bonchev–Trinajstić information content (AvgIpc) is 2.17. The van der Waals surface area contributed by atoms with E-state index in [1.807, 2.05) is 0 Å². The molecule has 0 bridgehead atoms. The largest absolute Gasteiger partial charge is 0.493 e. The zero-order valence-corrected chi connectivity index (χ0v) is 11.0. The Labute approximate surface area is 103 Å². The molecule has 102 valence electrons. The molecule has 1 aromatic carbocycles. The van der Waals surface area contributed by atoms with Gasteiger partial charge in [-0.15, -0.1) is 0 Å². The maximum atomic E-state index is 11.2. The second-order valence-electron chi connectivity index (χ2n) is 3.31. The predicted molar refractivity (Wildman–Crippen MR) is 63.5 cm³/mol. The standard InChI is InChI=1S/C8H12NO7PS/c1-2-16-6-4-8(18(13,14)15)5(9)3-7(6)17(10,11)12/h3-4H,2,9H2,1H3,(H2,10,11,12)(H,13,14,15). The molecule has 0 saturated carbocycles. The van der Waals surface area contributed by atoms with E-state index in [1.54, 1.807) is 6.92 Å². The zero-order chi connectivity index (χ0) is 14.1. The first-order chi connectivity index (χ1) is 8.07. The van der Waals surface area contributed by atoms with Gasteiger partial charge >= 0.3 is 7.60 Å². The predicted octanol–water partition coefficient (Wildman–Crippen LogP) is -0.283. The van der Waals surface area contributed by atoms with E-state index in [1.165, 1.54) is 0 Å². The molecular weight excluding hydrogens is 285 g/mol. The molecule has 0 aromatic heterocycles. The van der Waals surface area contributed by atoms with E-state index in [9.17, 15) is 13.0 Å². The number of ether oxygens (including phenoxy) is 1. The van der Waals surface area contributed by atoms with Gasteiger partial charge in [-0.3, -0.25) is 9.12 Å². The molecule has 0 amide bonds. The number of benzene rings is 1. The average molecular weight is 297 g/mol. The number of hydrogen-bond acceptors (Lipinski definition) is 5. The van der Waals surface area contributed by atoms with Crippen molar-refractivity contribution in [1.82, 2.24) is 0 Å². The smallest absolute Gasteiger partial charge is 0.360 e. The van der Waals surface area contributed by atoms with Gasteiger partial charge in [0.05, 0.1) is 12.3 Å². The molecule has 0 saturated heterocycles. The Bertz CT molecular complexity index is 606. The summed E-state index contributed by atoms with van der Waals surface area (Å²) in [6.07, 6.45) is 0. The van der Waals surface area contributed by atoms with E-state index >= 15 is 0 Å². The molecule has 0 spiro atoms. The van der Waals surface area contributed by atoms with Crippen molar-refractivity contribution in [1.29, 1.82) is 0 Å². The Morgan fingerprint density at radius 2 is 1.94 bits per heavy atom. The minimum absolute atomic E-state index is 0.0574. The van der Waals surface area contributed by atoms with Crippen LogP contribution in [0.2, 0.25) is 0 Å². The fourth-order valence-electron chi connectivity index (χ4n) is 1.29. The van der Waals surface area contributed by atoms with Gasteiger partial charge in [-0.2, -0.15) is 8.42 Å². The SMILES string of the molecule is CCOc1cc(S(=O)(=O)O)c(N)cc1P(=O)(O)O. The molecule has 0 aliphatic carbocycles. The highest BCUT2D eigenvalue weighted by atomic mass is 32.2. The van der Waals surface area contributed by atoms with Crippen molar-refractivity contribution in [3.8, 4) is 5.75 Å². The molecule has 0 aliphatic heterocycles. The van der Waals surface area contributed by atoms with Crippen molar-refractivity contribution in [2.45, 2.75) is 11.8 Å². The lowest BCUT2D eigenvalue weighted by molar-refractivity contribution is 0.337. The van der Waals surface area contributed by atoms with Gasteiger partial charge in [0.2, 0.25) is 0 Å². The summed E-state index contributed by atoms with van der Waals surface area (Å²) < 4.78 is 47.0. The normalized spacial score (nSPS) is 12.4. The van der Waals surface area contributed by atoms with Crippen LogP contribution in [-0.4, -0.2) is 29.4 Å². The van der Waals surface area contributed by atoms with Crippen molar-refractivity contribution >= 4 is 28.7 Å². The first-order valence-electron chi connectivity index (χ1n) is 4.67. The summed E-state index contributed by atoms with van der Waals surface area (Å²) in [5.41, 5.74) is 4.86. The van der Waals surface area contributed by atoms with Crippen molar-refractivity contribution in [2.75, 3.05) is 12.3 Å². The molecule has 0 atom stereocenters. The highest BCUT2D eigenvalue weighted by Gasteiger charge is 2.27. The molecule has 8 nitrogen and oxygen atoms in total. The Morgan fingerprint density at radius 1 is 1.39 bits per heavy atom. The minimum atomic E-state index is -4.67. The number of nitrogens with two attached hydrogens (primary N) is 1. The molecule has 10 heteroatoms. The van der Waals surface area contributed by atoms with Crippen LogP contribution in [0.1, 0.15) is 6.92 Å². The van der Waals surface area contributed by atoms with E-state index in [0.29, 0.717) is 0 Å². The molecule has 0 heterocycles. The van der Waals surface area contributed by atoms with E-state index in [-0.39, 0.29) is 12.4 Å². The highest BCUT2D eigenvalue weighted by molar-refractivity contribution is 7.86. The molecule has 0 fully saturated rings. The Hall–Kier alpha value is -1.12. The summed E-state index contributed by atoms with van der Waals surface area (Å²) in [6.45, 7) is 1.61. The van der Waals surface area contributed by atoms with E-state index in [0.717, 1.165) is 12.1 Å². The number of hydrogen-bond donors (Lipinski definition) is 4. The van der Waals surface area contributed by atoms with Gasteiger partial charge in [-0.1, -0.05) is 0 Å². The minimum Gasteiger partial charge on any atom is -0.493 e. The van der Waals surface area contributed by atoms with Gasteiger partial charge in [0, 0.05) is 6.07 Å². The van der Waals surface area contributed by atoms with Gasteiger partial charge in [0.1, 0.15) is 15.9 Å². The van der Waals surface area contributed by atoms with Gasteiger partial charge in [0.25, 0.3) is 10.1 Å². The van der Waals surface area contributed by atoms with Crippen LogP contribution in [-0.2, 0) is 14.7 Å². The maximum absolute atomic E-state index is 11.2. The molecule has 0 unspecified atom stereocenters. The first kappa shape index (κ1) is 14.9. The van der Waals surface area contributed by atoms with Gasteiger partial charge in [-0.25, -0.2) is 0 Å². The van der Waals surface area contributed by atoms with Crippen molar-refractivity contribution in [3.05, 3.63) is 12.1 Å². The summed E-state index contributed by atoms with van der Waals surface area (Å²) >= 11 is 0. The third kappa shape index (κ3) is 3.21. The lowest BCUT2D eigenvalue weighted by atomic mass is 10.3. The lowest BCUT2D eigenvalue weighted by Crippen LogP contribution is -2.14. The van der Waals surface area contributed by atoms with Crippen molar-refractivity contribution in [2.24, 2.45) is 0 Å². The fraction of sp³-hybridized carbons (Fsp3) is 0.250. The third-order valence-electron chi connectivity index (χ3n) is 1.98. The van der Waals surface area contributed by atoms with Crippen LogP contribution in [0.25, 0.3) is 0 Å². The molecule has 0 aliphatic rings. The van der Waals surface area contributed by atoms with Crippen molar-refractivity contribution in [3.63, 3.8) is 0 Å². The summed E-state index contributed by atoms with van der Waals surface area (Å²) in [7, 11) is -9.26. The van der Waals surface area contributed by atoms with Gasteiger partial charge in [-0.05, 0) is 13.0 Å². The lowest BCUT2D eigenvalue weighted by Gasteiger charge is -2.14. The van der Waals surface area contributed by atoms with Gasteiger partial charge in [0.15, 0.2) is 0 Å².